The summed E-state index contributed by atoms with van der Waals surface area (Å²) in [6, 6.07) is 6.74. The second-order valence-electron chi connectivity index (χ2n) is 5.75. The summed E-state index contributed by atoms with van der Waals surface area (Å²) in [5.41, 5.74) is 0.0676. The number of para-hydroxylation sites is 1. The number of hydrogen-bond donors (Lipinski definition) is 0. The zero-order valence-electron chi connectivity index (χ0n) is 11.9. The number of carbonyl (C=O) groups is 1. The molecule has 1 aliphatic heterocycles. The first kappa shape index (κ1) is 15.1. The number of rotatable bonds is 3. The number of anilines is 1. The number of piperazine rings is 1. The van der Waals surface area contributed by atoms with Gasteiger partial charge < -0.3 is 9.80 Å². The van der Waals surface area contributed by atoms with E-state index in [4.69, 9.17) is 11.6 Å². The number of carbonyl (C=O) groups excluding carboxylic acids is 1. The minimum atomic E-state index is -0.540. The average molecular weight is 299 g/mol. The van der Waals surface area contributed by atoms with Crippen molar-refractivity contribution in [3.8, 4) is 0 Å². The van der Waals surface area contributed by atoms with Crippen LogP contribution in [0.15, 0.2) is 24.3 Å². The van der Waals surface area contributed by atoms with Crippen molar-refractivity contribution in [1.29, 1.82) is 0 Å². The molecule has 1 heterocycles. The van der Waals surface area contributed by atoms with Gasteiger partial charge in [0.15, 0.2) is 0 Å². The molecule has 1 aliphatic rings. The summed E-state index contributed by atoms with van der Waals surface area (Å²) in [6.07, 6.45) is 0. The van der Waals surface area contributed by atoms with Crippen molar-refractivity contribution in [1.82, 2.24) is 4.90 Å². The fraction of sp³-hybridized carbons (Fsp3) is 0.533. The number of hydrogen-bond acceptors (Lipinski definition) is 2. The normalized spacial score (nSPS) is 16.4. The van der Waals surface area contributed by atoms with Gasteiger partial charge in [0.05, 0.1) is 11.1 Å². The Bertz CT molecular complexity index is 485. The van der Waals surface area contributed by atoms with E-state index in [1.165, 1.54) is 6.07 Å². The number of halogens is 2. The van der Waals surface area contributed by atoms with Crippen molar-refractivity contribution < 1.29 is 9.18 Å². The van der Waals surface area contributed by atoms with Gasteiger partial charge in [-0.2, -0.15) is 0 Å². The van der Waals surface area contributed by atoms with Gasteiger partial charge >= 0.3 is 0 Å². The molecule has 0 saturated carbocycles. The van der Waals surface area contributed by atoms with Crippen molar-refractivity contribution in [2.24, 2.45) is 5.41 Å². The molecule has 1 aromatic carbocycles. The van der Waals surface area contributed by atoms with Crippen LogP contribution in [-0.2, 0) is 4.79 Å². The molecule has 5 heteroatoms. The van der Waals surface area contributed by atoms with E-state index in [1.54, 1.807) is 12.1 Å². The van der Waals surface area contributed by atoms with Crippen LogP contribution in [0.3, 0.4) is 0 Å². The summed E-state index contributed by atoms with van der Waals surface area (Å²) in [6.45, 7) is 6.20. The summed E-state index contributed by atoms with van der Waals surface area (Å²) in [5, 5.41) is 0. The molecule has 0 bridgehead atoms. The standard InChI is InChI=1S/C15H20ClFN2O/c1-15(2,11-16)14(20)19-9-7-18(8-10-19)13-6-4-3-5-12(13)17/h3-6H,7-11H2,1-2H3. The molecular weight excluding hydrogens is 279 g/mol. The van der Waals surface area contributed by atoms with Gasteiger partial charge in [0.2, 0.25) is 5.91 Å². The van der Waals surface area contributed by atoms with E-state index in [9.17, 15) is 9.18 Å². The van der Waals surface area contributed by atoms with Crippen LogP contribution in [-0.4, -0.2) is 42.9 Å². The zero-order valence-corrected chi connectivity index (χ0v) is 12.7. The maximum atomic E-state index is 13.7. The molecule has 0 unspecified atom stereocenters. The van der Waals surface area contributed by atoms with Crippen LogP contribution < -0.4 is 4.90 Å². The highest BCUT2D eigenvalue weighted by molar-refractivity contribution is 6.19. The monoisotopic (exact) mass is 298 g/mol. The van der Waals surface area contributed by atoms with E-state index in [0.29, 0.717) is 37.7 Å². The van der Waals surface area contributed by atoms with Crippen molar-refractivity contribution in [3.63, 3.8) is 0 Å². The van der Waals surface area contributed by atoms with E-state index < -0.39 is 5.41 Å². The Morgan fingerprint density at radius 2 is 1.85 bits per heavy atom. The van der Waals surface area contributed by atoms with Gasteiger partial charge in [-0.15, -0.1) is 11.6 Å². The fourth-order valence-corrected chi connectivity index (χ4v) is 2.46. The van der Waals surface area contributed by atoms with Crippen LogP contribution >= 0.6 is 11.6 Å². The lowest BCUT2D eigenvalue weighted by Crippen LogP contribution is -2.52. The molecule has 0 aliphatic carbocycles. The summed E-state index contributed by atoms with van der Waals surface area (Å²) < 4.78 is 13.7. The SMILES string of the molecule is CC(C)(CCl)C(=O)N1CCN(c2ccccc2F)CC1. The van der Waals surface area contributed by atoms with Crippen LogP contribution in [0.4, 0.5) is 10.1 Å². The van der Waals surface area contributed by atoms with E-state index in [1.807, 2.05) is 29.7 Å². The minimum Gasteiger partial charge on any atom is -0.366 e. The Morgan fingerprint density at radius 1 is 1.25 bits per heavy atom. The summed E-state index contributed by atoms with van der Waals surface area (Å²) >= 11 is 5.85. The molecule has 20 heavy (non-hydrogen) atoms. The predicted molar refractivity (Wildman–Crippen MR) is 79.7 cm³/mol. The van der Waals surface area contributed by atoms with Crippen molar-refractivity contribution in [2.75, 3.05) is 37.0 Å². The first-order chi connectivity index (χ1) is 9.45. The molecule has 1 saturated heterocycles. The third kappa shape index (κ3) is 3.06. The maximum absolute atomic E-state index is 13.7. The highest BCUT2D eigenvalue weighted by Gasteiger charge is 2.33. The third-order valence-electron chi connectivity index (χ3n) is 3.67. The smallest absolute Gasteiger partial charge is 0.229 e. The van der Waals surface area contributed by atoms with E-state index in [-0.39, 0.29) is 11.7 Å². The Kier molecular flexibility index (Phi) is 4.53. The minimum absolute atomic E-state index is 0.0701. The van der Waals surface area contributed by atoms with Gasteiger partial charge in [0.25, 0.3) is 0 Å². The molecule has 1 amide bonds. The second kappa shape index (κ2) is 6.00. The van der Waals surface area contributed by atoms with Gasteiger partial charge in [-0.3, -0.25) is 4.79 Å². The molecule has 110 valence electrons. The maximum Gasteiger partial charge on any atom is 0.229 e. The molecule has 1 fully saturated rings. The van der Waals surface area contributed by atoms with Crippen molar-refractivity contribution in [2.45, 2.75) is 13.8 Å². The van der Waals surface area contributed by atoms with Crippen LogP contribution in [0.1, 0.15) is 13.8 Å². The van der Waals surface area contributed by atoms with Gasteiger partial charge in [-0.1, -0.05) is 12.1 Å². The van der Waals surface area contributed by atoms with Crippen LogP contribution in [0.5, 0.6) is 0 Å². The number of alkyl halides is 1. The third-order valence-corrected chi connectivity index (χ3v) is 4.34. The van der Waals surface area contributed by atoms with Gasteiger partial charge in [0, 0.05) is 32.1 Å². The topological polar surface area (TPSA) is 23.6 Å². The number of amides is 1. The first-order valence-electron chi connectivity index (χ1n) is 6.80. The predicted octanol–water partition coefficient (Wildman–Crippen LogP) is 2.74. The Labute approximate surface area is 124 Å². The van der Waals surface area contributed by atoms with Crippen LogP contribution in [0.2, 0.25) is 0 Å². The molecule has 0 aromatic heterocycles. The molecule has 3 nitrogen and oxygen atoms in total. The summed E-state index contributed by atoms with van der Waals surface area (Å²) in [5.74, 6) is 0.161. The lowest BCUT2D eigenvalue weighted by Gasteiger charge is -2.39. The molecule has 0 N–H and O–H groups in total. The zero-order chi connectivity index (χ0) is 14.8. The van der Waals surface area contributed by atoms with E-state index in [2.05, 4.69) is 0 Å². The first-order valence-corrected chi connectivity index (χ1v) is 7.34. The molecule has 2 rings (SSSR count). The molecular formula is C15H20ClFN2O. The van der Waals surface area contributed by atoms with Crippen LogP contribution in [0, 0.1) is 11.2 Å². The quantitative estimate of drug-likeness (QED) is 0.801. The van der Waals surface area contributed by atoms with Gasteiger partial charge in [-0.05, 0) is 26.0 Å². The van der Waals surface area contributed by atoms with Gasteiger partial charge in [0.1, 0.15) is 5.82 Å². The van der Waals surface area contributed by atoms with Crippen molar-refractivity contribution >= 4 is 23.2 Å². The van der Waals surface area contributed by atoms with Crippen LogP contribution in [0.25, 0.3) is 0 Å². The Morgan fingerprint density at radius 3 is 2.40 bits per heavy atom. The lowest BCUT2D eigenvalue weighted by atomic mass is 9.94. The molecule has 0 radical (unpaired) electrons. The highest BCUT2D eigenvalue weighted by atomic mass is 35.5. The van der Waals surface area contributed by atoms with E-state index >= 15 is 0 Å². The lowest BCUT2D eigenvalue weighted by molar-refractivity contribution is -0.139. The van der Waals surface area contributed by atoms with Gasteiger partial charge in [-0.25, -0.2) is 4.39 Å². The average Bonchev–Trinajstić information content (AvgIpc) is 2.47. The molecule has 1 aromatic rings. The largest absolute Gasteiger partial charge is 0.366 e. The highest BCUT2D eigenvalue weighted by Crippen LogP contribution is 2.24. The summed E-state index contributed by atoms with van der Waals surface area (Å²) in [7, 11) is 0. The second-order valence-corrected chi connectivity index (χ2v) is 6.02. The fourth-order valence-electron chi connectivity index (χ4n) is 2.34. The molecule has 0 spiro atoms. The number of benzene rings is 1. The van der Waals surface area contributed by atoms with Crippen molar-refractivity contribution in [3.05, 3.63) is 30.1 Å². The Hall–Kier alpha value is -1.29. The van der Waals surface area contributed by atoms with E-state index in [0.717, 1.165) is 0 Å². The Balaban J connectivity index is 2.00. The number of nitrogens with zero attached hydrogens (tertiary/aromatic N) is 2. The molecule has 0 atom stereocenters. The summed E-state index contributed by atoms with van der Waals surface area (Å²) in [4.78, 5) is 16.1.